The number of nitrogens with two attached hydrogens (primary N) is 2. The number of halogens is 3. The number of primary amides is 1. The number of nitrogen functional groups attached to an aromatic ring is 1. The van der Waals surface area contributed by atoms with Gasteiger partial charge in [-0.1, -0.05) is 25.5 Å². The highest BCUT2D eigenvalue weighted by Gasteiger charge is 2.30. The second-order valence-electron chi connectivity index (χ2n) is 5.56. The van der Waals surface area contributed by atoms with Crippen LogP contribution in [0.3, 0.4) is 0 Å². The van der Waals surface area contributed by atoms with E-state index in [2.05, 4.69) is 5.10 Å². The smallest absolute Gasteiger partial charge is 0.383 e. The molecule has 1 heterocycles. The van der Waals surface area contributed by atoms with Crippen molar-refractivity contribution in [2.45, 2.75) is 38.9 Å². The van der Waals surface area contributed by atoms with Crippen LogP contribution in [0.15, 0.2) is 24.3 Å². The van der Waals surface area contributed by atoms with Gasteiger partial charge >= 0.3 is 6.18 Å². The Bertz CT molecular complexity index is 735. The molecule has 1 aromatic carbocycles. The van der Waals surface area contributed by atoms with E-state index in [1.165, 1.54) is 16.8 Å². The maximum absolute atomic E-state index is 12.6. The van der Waals surface area contributed by atoms with Crippen LogP contribution in [-0.4, -0.2) is 15.7 Å². The molecule has 0 aliphatic heterocycles. The average molecular weight is 340 g/mol. The van der Waals surface area contributed by atoms with Crippen LogP contribution in [0, 0.1) is 0 Å². The van der Waals surface area contributed by atoms with E-state index in [-0.39, 0.29) is 11.4 Å². The standard InChI is InChI=1S/C16H19F3N4O/c1-3-4-12-13(15(21)24)14(20)23(22-12)9(2)10-5-7-11(8-6-10)16(17,18)19/h5-9H,3-4,20H2,1-2H3,(H2,21,24). The second-order valence-corrected chi connectivity index (χ2v) is 5.56. The van der Waals surface area contributed by atoms with Gasteiger partial charge in [-0.3, -0.25) is 4.79 Å². The zero-order valence-electron chi connectivity index (χ0n) is 13.4. The molecular formula is C16H19F3N4O. The molecule has 1 atom stereocenters. The lowest BCUT2D eigenvalue weighted by Crippen LogP contribution is -2.16. The van der Waals surface area contributed by atoms with E-state index in [9.17, 15) is 18.0 Å². The Morgan fingerprint density at radius 2 is 1.88 bits per heavy atom. The minimum absolute atomic E-state index is 0.123. The summed E-state index contributed by atoms with van der Waals surface area (Å²) in [6.07, 6.45) is -3.10. The number of aromatic nitrogens is 2. The van der Waals surface area contributed by atoms with Gasteiger partial charge in [0.25, 0.3) is 5.91 Å². The second kappa shape index (κ2) is 6.54. The number of hydrogen-bond acceptors (Lipinski definition) is 3. The largest absolute Gasteiger partial charge is 0.416 e. The van der Waals surface area contributed by atoms with Crippen molar-refractivity contribution < 1.29 is 18.0 Å². The molecule has 0 fully saturated rings. The zero-order valence-corrected chi connectivity index (χ0v) is 13.4. The molecule has 0 saturated heterocycles. The quantitative estimate of drug-likeness (QED) is 0.876. The van der Waals surface area contributed by atoms with Crippen LogP contribution in [0.5, 0.6) is 0 Å². The summed E-state index contributed by atoms with van der Waals surface area (Å²) in [6.45, 7) is 3.67. The number of nitrogens with zero attached hydrogens (tertiary/aromatic N) is 2. The molecular weight excluding hydrogens is 321 g/mol. The third-order valence-corrected chi connectivity index (χ3v) is 3.84. The van der Waals surface area contributed by atoms with Gasteiger partial charge in [0.2, 0.25) is 0 Å². The van der Waals surface area contributed by atoms with Crippen LogP contribution < -0.4 is 11.5 Å². The number of rotatable bonds is 5. The summed E-state index contributed by atoms with van der Waals surface area (Å²) in [5.74, 6) is -0.542. The summed E-state index contributed by atoms with van der Waals surface area (Å²) in [4.78, 5) is 11.6. The highest BCUT2D eigenvalue weighted by Crippen LogP contribution is 2.31. The van der Waals surface area contributed by atoms with Crippen molar-refractivity contribution in [2.24, 2.45) is 5.73 Å². The monoisotopic (exact) mass is 340 g/mol. The molecule has 130 valence electrons. The highest BCUT2D eigenvalue weighted by atomic mass is 19.4. The van der Waals surface area contributed by atoms with Crippen molar-refractivity contribution in [3.05, 3.63) is 46.6 Å². The predicted octanol–water partition coefficient (Wildman–Crippen LogP) is 3.14. The van der Waals surface area contributed by atoms with E-state index >= 15 is 0 Å². The SMILES string of the molecule is CCCc1nn(C(C)c2ccc(C(F)(F)F)cc2)c(N)c1C(N)=O. The zero-order chi connectivity index (χ0) is 18.1. The Labute approximate surface area is 137 Å². The fourth-order valence-electron chi connectivity index (χ4n) is 2.56. The molecule has 0 radical (unpaired) electrons. The number of carbonyl (C=O) groups is 1. The maximum atomic E-state index is 12.6. The Balaban J connectivity index is 2.41. The maximum Gasteiger partial charge on any atom is 0.416 e. The Hall–Kier alpha value is -2.51. The van der Waals surface area contributed by atoms with Crippen molar-refractivity contribution in [3.63, 3.8) is 0 Å². The van der Waals surface area contributed by atoms with Gasteiger partial charge in [-0.2, -0.15) is 18.3 Å². The van der Waals surface area contributed by atoms with Crippen LogP contribution in [-0.2, 0) is 12.6 Å². The van der Waals surface area contributed by atoms with Gasteiger partial charge in [0, 0.05) is 0 Å². The Morgan fingerprint density at radius 3 is 2.33 bits per heavy atom. The number of anilines is 1. The molecule has 0 saturated carbocycles. The number of hydrogen-bond donors (Lipinski definition) is 2. The molecule has 4 N–H and O–H groups in total. The molecule has 0 bridgehead atoms. The van der Waals surface area contributed by atoms with Gasteiger partial charge in [-0.25, -0.2) is 4.68 Å². The highest BCUT2D eigenvalue weighted by molar-refractivity contribution is 5.98. The third-order valence-electron chi connectivity index (χ3n) is 3.84. The van der Waals surface area contributed by atoms with E-state index in [1.807, 2.05) is 6.92 Å². The van der Waals surface area contributed by atoms with Crippen LogP contribution in [0.2, 0.25) is 0 Å². The molecule has 2 aromatic rings. The lowest BCUT2D eigenvalue weighted by molar-refractivity contribution is -0.137. The normalized spacial score (nSPS) is 13.0. The molecule has 1 aromatic heterocycles. The van der Waals surface area contributed by atoms with Crippen molar-refractivity contribution in [2.75, 3.05) is 5.73 Å². The van der Waals surface area contributed by atoms with Gasteiger partial charge in [0.05, 0.1) is 17.3 Å². The summed E-state index contributed by atoms with van der Waals surface area (Å²) >= 11 is 0. The lowest BCUT2D eigenvalue weighted by atomic mass is 10.1. The van der Waals surface area contributed by atoms with Gasteiger partial charge in [0.1, 0.15) is 11.4 Å². The number of benzene rings is 1. The van der Waals surface area contributed by atoms with Gasteiger partial charge < -0.3 is 11.5 Å². The first-order chi connectivity index (χ1) is 11.2. The van der Waals surface area contributed by atoms with Crippen LogP contribution >= 0.6 is 0 Å². The fraction of sp³-hybridized carbons (Fsp3) is 0.375. The van der Waals surface area contributed by atoms with Crippen molar-refractivity contribution in [1.82, 2.24) is 9.78 Å². The molecule has 5 nitrogen and oxygen atoms in total. The number of carbonyl (C=O) groups excluding carboxylic acids is 1. The summed E-state index contributed by atoms with van der Waals surface area (Å²) in [7, 11) is 0. The van der Waals surface area contributed by atoms with E-state index < -0.39 is 23.7 Å². The minimum Gasteiger partial charge on any atom is -0.383 e. The molecule has 0 aliphatic carbocycles. The van der Waals surface area contributed by atoms with Gasteiger partial charge in [-0.05, 0) is 31.0 Å². The van der Waals surface area contributed by atoms with Crippen molar-refractivity contribution in [3.8, 4) is 0 Å². The van der Waals surface area contributed by atoms with Crippen LogP contribution in [0.1, 0.15) is 53.5 Å². The molecule has 0 aliphatic rings. The van der Waals surface area contributed by atoms with Crippen molar-refractivity contribution >= 4 is 11.7 Å². The number of aryl methyl sites for hydroxylation is 1. The van der Waals surface area contributed by atoms with Crippen molar-refractivity contribution in [1.29, 1.82) is 0 Å². The summed E-state index contributed by atoms with van der Waals surface area (Å²) in [6, 6.07) is 4.33. The summed E-state index contributed by atoms with van der Waals surface area (Å²) in [5.41, 5.74) is 11.9. The first-order valence-electron chi connectivity index (χ1n) is 7.50. The lowest BCUT2D eigenvalue weighted by Gasteiger charge is -2.15. The molecule has 8 heteroatoms. The topological polar surface area (TPSA) is 86.9 Å². The molecule has 2 rings (SSSR count). The number of alkyl halides is 3. The minimum atomic E-state index is -4.39. The van der Waals surface area contributed by atoms with E-state index in [4.69, 9.17) is 11.5 Å². The van der Waals surface area contributed by atoms with Gasteiger partial charge in [0.15, 0.2) is 0 Å². The van der Waals surface area contributed by atoms with E-state index in [0.717, 1.165) is 18.6 Å². The number of amides is 1. The molecule has 0 spiro atoms. The molecule has 1 unspecified atom stereocenters. The predicted molar refractivity (Wildman–Crippen MR) is 84.4 cm³/mol. The van der Waals surface area contributed by atoms with E-state index in [0.29, 0.717) is 17.7 Å². The van der Waals surface area contributed by atoms with Gasteiger partial charge in [-0.15, -0.1) is 0 Å². The van der Waals surface area contributed by atoms with Crippen LogP contribution in [0.25, 0.3) is 0 Å². The molecule has 1 amide bonds. The fourth-order valence-corrected chi connectivity index (χ4v) is 2.56. The molecule has 24 heavy (non-hydrogen) atoms. The first-order valence-corrected chi connectivity index (χ1v) is 7.50. The third kappa shape index (κ3) is 3.37. The average Bonchev–Trinajstić information content (AvgIpc) is 2.83. The first kappa shape index (κ1) is 17.8. The summed E-state index contributed by atoms with van der Waals surface area (Å²) in [5, 5.41) is 4.34. The Kier molecular flexibility index (Phi) is 4.86. The summed E-state index contributed by atoms with van der Waals surface area (Å²) < 4.78 is 39.4. The Morgan fingerprint density at radius 1 is 1.29 bits per heavy atom. The van der Waals surface area contributed by atoms with E-state index in [1.54, 1.807) is 6.92 Å². The van der Waals surface area contributed by atoms with Crippen LogP contribution in [0.4, 0.5) is 19.0 Å².